The molecule has 56 heavy (non-hydrogen) atoms. The summed E-state index contributed by atoms with van der Waals surface area (Å²) in [5.74, 6) is 4.84. The van der Waals surface area contributed by atoms with E-state index in [0.29, 0.717) is 60.0 Å². The molecular formula is C49H85BO5Si. The van der Waals surface area contributed by atoms with Gasteiger partial charge in [-0.2, -0.15) is 0 Å². The van der Waals surface area contributed by atoms with Crippen molar-refractivity contribution in [3.63, 3.8) is 0 Å². The van der Waals surface area contributed by atoms with E-state index in [0.717, 1.165) is 26.1 Å². The number of hydrogen-bond donors (Lipinski definition) is 0. The summed E-state index contributed by atoms with van der Waals surface area (Å²) in [5.41, 5.74) is -0.675. The molecule has 7 heteroatoms. The molecule has 2 aromatic carbocycles. The van der Waals surface area contributed by atoms with Crippen molar-refractivity contribution in [1.82, 2.24) is 0 Å². The molecule has 0 N–H and O–H groups in total. The van der Waals surface area contributed by atoms with Crippen LogP contribution in [-0.2, 0) is 23.2 Å². The van der Waals surface area contributed by atoms with Gasteiger partial charge in [0.1, 0.15) is 6.79 Å². The number of benzene rings is 2. The van der Waals surface area contributed by atoms with Crippen LogP contribution in [-0.4, -0.2) is 53.8 Å². The molecule has 318 valence electrons. The number of ether oxygens (including phenoxy) is 2. The predicted molar refractivity (Wildman–Crippen MR) is 242 cm³/mol. The van der Waals surface area contributed by atoms with Gasteiger partial charge in [-0.05, 0) is 135 Å². The van der Waals surface area contributed by atoms with Crippen molar-refractivity contribution in [3.05, 3.63) is 60.7 Å². The zero-order chi connectivity index (χ0) is 41.9. The van der Waals surface area contributed by atoms with Gasteiger partial charge in [0.25, 0.3) is 8.32 Å². The Bertz CT molecular complexity index is 1320. The largest absolute Gasteiger partial charge is 0.461 e. The van der Waals surface area contributed by atoms with E-state index in [4.69, 9.17) is 23.2 Å². The zero-order valence-electron chi connectivity index (χ0n) is 39.0. The first-order valence-corrected chi connectivity index (χ1v) is 24.2. The van der Waals surface area contributed by atoms with Crippen LogP contribution in [0.3, 0.4) is 0 Å². The van der Waals surface area contributed by atoms with Gasteiger partial charge in [-0.1, -0.05) is 137 Å². The normalized spacial score (nSPS) is 20.8. The third-order valence-electron chi connectivity index (χ3n) is 13.3. The quantitative estimate of drug-likeness (QED) is 0.0602. The second kappa shape index (κ2) is 21.7. The molecule has 0 aliphatic carbocycles. The molecule has 0 amide bonds. The van der Waals surface area contributed by atoms with Crippen LogP contribution in [0.5, 0.6) is 0 Å². The molecule has 9 atom stereocenters. The molecule has 3 rings (SSSR count). The van der Waals surface area contributed by atoms with Crippen LogP contribution >= 0.6 is 0 Å². The Hall–Kier alpha value is -1.48. The lowest BCUT2D eigenvalue weighted by molar-refractivity contribution is -0.0437. The van der Waals surface area contributed by atoms with E-state index in [9.17, 15) is 0 Å². The van der Waals surface area contributed by atoms with E-state index in [1.807, 2.05) is 0 Å². The number of methoxy groups -OCH3 is 1. The van der Waals surface area contributed by atoms with E-state index in [1.54, 1.807) is 7.11 Å². The summed E-state index contributed by atoms with van der Waals surface area (Å²) in [6.45, 7) is 37.3. The molecule has 1 aliphatic rings. The van der Waals surface area contributed by atoms with Gasteiger partial charge in [0.05, 0.1) is 17.8 Å². The Labute approximate surface area is 347 Å². The summed E-state index contributed by atoms with van der Waals surface area (Å²) in [6, 6.07) is 22.1. The highest BCUT2D eigenvalue weighted by Gasteiger charge is 2.55. The SMILES string of the molecule is COCOC[C@@H](C)C[C@@H](C)C[C@@H](C)C[C@@H](C)C[C@@H](C)C(B1OC(C)(C)C(C)(C)O1)[C@@H](C)C[C@@H](C)C[C@@H](C)CO[Si](c1ccccc1)(c1ccccc1)C(C)(C)C. The highest BCUT2D eigenvalue weighted by molar-refractivity contribution is 6.99. The summed E-state index contributed by atoms with van der Waals surface area (Å²) in [4.78, 5) is 0. The Kier molecular flexibility index (Phi) is 18.9. The molecule has 2 aromatic rings. The van der Waals surface area contributed by atoms with E-state index in [1.165, 1.54) is 36.1 Å². The molecule has 1 heterocycles. The van der Waals surface area contributed by atoms with Gasteiger partial charge in [-0.15, -0.1) is 0 Å². The smallest absolute Gasteiger partial charge is 0.407 e. The van der Waals surface area contributed by atoms with Crippen molar-refractivity contribution in [1.29, 1.82) is 0 Å². The Balaban J connectivity index is 1.69. The average Bonchev–Trinajstić information content (AvgIpc) is 3.30. The summed E-state index contributed by atoms with van der Waals surface area (Å²) in [7, 11) is -1.08. The van der Waals surface area contributed by atoms with Gasteiger partial charge >= 0.3 is 7.12 Å². The van der Waals surface area contributed by atoms with Gasteiger partial charge < -0.3 is 23.2 Å². The fourth-order valence-corrected chi connectivity index (χ4v) is 15.0. The maximum atomic E-state index is 7.37. The summed E-state index contributed by atoms with van der Waals surface area (Å²) in [5, 5.41) is 2.68. The van der Waals surface area contributed by atoms with Crippen LogP contribution < -0.4 is 10.4 Å². The predicted octanol–water partition coefficient (Wildman–Crippen LogP) is 12.1. The molecule has 0 aromatic heterocycles. The lowest BCUT2D eigenvalue weighted by Gasteiger charge is -2.43. The van der Waals surface area contributed by atoms with Crippen LogP contribution in [0.25, 0.3) is 0 Å². The van der Waals surface area contributed by atoms with Crippen LogP contribution in [0.4, 0.5) is 0 Å². The van der Waals surface area contributed by atoms with Crippen molar-refractivity contribution in [2.75, 3.05) is 27.1 Å². The Morgan fingerprint density at radius 1 is 0.571 bits per heavy atom. The molecule has 5 nitrogen and oxygen atoms in total. The maximum Gasteiger partial charge on any atom is 0.461 e. The van der Waals surface area contributed by atoms with Gasteiger partial charge in [-0.3, -0.25) is 0 Å². The van der Waals surface area contributed by atoms with Gasteiger partial charge in [-0.25, -0.2) is 0 Å². The van der Waals surface area contributed by atoms with Crippen molar-refractivity contribution in [2.45, 2.75) is 164 Å². The van der Waals surface area contributed by atoms with E-state index in [-0.39, 0.29) is 23.4 Å². The molecule has 1 unspecified atom stereocenters. The van der Waals surface area contributed by atoms with Crippen LogP contribution in [0.1, 0.15) is 142 Å². The molecule has 0 radical (unpaired) electrons. The summed E-state index contributed by atoms with van der Waals surface area (Å²) >= 11 is 0. The van der Waals surface area contributed by atoms with Gasteiger partial charge in [0, 0.05) is 13.7 Å². The number of rotatable bonds is 24. The Morgan fingerprint density at radius 2 is 0.946 bits per heavy atom. The molecule has 1 fully saturated rings. The molecule has 0 spiro atoms. The highest BCUT2D eigenvalue weighted by atomic mass is 28.4. The lowest BCUT2D eigenvalue weighted by atomic mass is 9.57. The minimum absolute atomic E-state index is 0.0208. The molecule has 0 saturated carbocycles. The zero-order valence-corrected chi connectivity index (χ0v) is 40.0. The Morgan fingerprint density at radius 3 is 1.34 bits per heavy atom. The monoisotopic (exact) mass is 793 g/mol. The standard InChI is InChI=1S/C49H85BO5Si/c1-36(27-37(2)29-40(5)33-52-35-51-16)28-38(3)31-42(7)46(50-54-48(12,13)49(14,15)55-50)43(8)32-39(4)30-41(6)34-53-56(47(9,10)11,44-23-19-17-20-24-44)45-25-21-18-22-26-45/h17-26,36-43,46H,27-35H2,1-16H3/t36-,37+,38-,39+,40+,41-,42-,43+,46?/m1/s1. The van der Waals surface area contributed by atoms with Crippen LogP contribution in [0, 0.1) is 47.3 Å². The first-order valence-electron chi connectivity index (χ1n) is 22.3. The highest BCUT2D eigenvalue weighted by Crippen LogP contribution is 2.47. The van der Waals surface area contributed by atoms with E-state index >= 15 is 0 Å². The molecule has 1 aliphatic heterocycles. The molecular weight excluding hydrogens is 707 g/mol. The van der Waals surface area contributed by atoms with Gasteiger partial charge in [0.15, 0.2) is 0 Å². The summed E-state index contributed by atoms with van der Waals surface area (Å²) in [6.07, 6.45) is 7.19. The minimum atomic E-state index is -2.57. The number of hydrogen-bond acceptors (Lipinski definition) is 5. The third kappa shape index (κ3) is 13.5. The fraction of sp³-hybridized carbons (Fsp3) is 0.755. The van der Waals surface area contributed by atoms with E-state index < -0.39 is 8.32 Å². The summed E-state index contributed by atoms with van der Waals surface area (Å²) < 4.78 is 31.8. The first-order chi connectivity index (χ1) is 26.1. The third-order valence-corrected chi connectivity index (χ3v) is 18.3. The maximum absolute atomic E-state index is 7.37. The van der Waals surface area contributed by atoms with Crippen molar-refractivity contribution in [2.24, 2.45) is 47.3 Å². The van der Waals surface area contributed by atoms with Crippen molar-refractivity contribution in [3.8, 4) is 0 Å². The van der Waals surface area contributed by atoms with Crippen molar-refractivity contribution < 1.29 is 23.2 Å². The average molecular weight is 793 g/mol. The lowest BCUT2D eigenvalue weighted by Crippen LogP contribution is -2.66. The second-order valence-corrected chi connectivity index (χ2v) is 25.3. The van der Waals surface area contributed by atoms with Crippen LogP contribution in [0.15, 0.2) is 60.7 Å². The first kappa shape index (κ1) is 48.9. The molecule has 0 bridgehead atoms. The minimum Gasteiger partial charge on any atom is -0.407 e. The molecule has 1 saturated heterocycles. The van der Waals surface area contributed by atoms with Crippen molar-refractivity contribution >= 4 is 25.8 Å². The fourth-order valence-electron chi connectivity index (χ4n) is 10.4. The van der Waals surface area contributed by atoms with E-state index in [2.05, 4.69) is 165 Å². The second-order valence-electron chi connectivity index (χ2n) is 21.0. The van der Waals surface area contributed by atoms with Gasteiger partial charge in [0.2, 0.25) is 0 Å². The van der Waals surface area contributed by atoms with Crippen LogP contribution in [0.2, 0.25) is 10.9 Å². The topological polar surface area (TPSA) is 46.2 Å².